The number of rotatable bonds is 0. The summed E-state index contributed by atoms with van der Waals surface area (Å²) >= 11 is 6.73. The zero-order chi connectivity index (χ0) is 7.72. The first-order valence-corrected chi connectivity index (χ1v) is 4.49. The highest BCUT2D eigenvalue weighted by Gasteiger charge is 1.99. The molecule has 3 heteroatoms. The molecular formula is C7H7Br2N. The number of aryl methyl sites for hydroxylation is 1. The number of nitrogens with zero attached hydrogens (tertiary/aromatic N) is 1. The van der Waals surface area contributed by atoms with Gasteiger partial charge in [-0.15, -0.1) is 0 Å². The SMILES string of the molecule is Cc1nc(Br)cc(Br)c1C. The van der Waals surface area contributed by atoms with Crippen molar-refractivity contribution in [3.63, 3.8) is 0 Å². The first-order chi connectivity index (χ1) is 4.61. The summed E-state index contributed by atoms with van der Waals surface area (Å²) in [6, 6.07) is 1.95. The number of hydrogen-bond donors (Lipinski definition) is 0. The van der Waals surface area contributed by atoms with Gasteiger partial charge in [0.1, 0.15) is 4.60 Å². The standard InChI is InChI=1S/C7H7Br2N/c1-4-5(2)10-7(9)3-6(4)8/h3H,1-2H3. The van der Waals surface area contributed by atoms with Crippen LogP contribution in [0.4, 0.5) is 0 Å². The molecule has 0 N–H and O–H groups in total. The van der Waals surface area contributed by atoms with Crippen LogP contribution in [-0.4, -0.2) is 4.98 Å². The fraction of sp³-hybridized carbons (Fsp3) is 0.286. The molecule has 1 rings (SSSR count). The Bertz CT molecular complexity index is 235. The highest BCUT2D eigenvalue weighted by molar-refractivity contribution is 9.11. The smallest absolute Gasteiger partial charge is 0.107 e. The first-order valence-electron chi connectivity index (χ1n) is 2.90. The molecule has 1 aromatic heterocycles. The normalized spacial score (nSPS) is 10.0. The molecule has 0 saturated carbocycles. The molecular weight excluding hydrogens is 258 g/mol. The second kappa shape index (κ2) is 3.01. The average Bonchev–Trinajstić information content (AvgIpc) is 1.82. The molecule has 1 heterocycles. The topological polar surface area (TPSA) is 12.9 Å². The molecule has 0 fully saturated rings. The molecule has 10 heavy (non-hydrogen) atoms. The van der Waals surface area contributed by atoms with Crippen molar-refractivity contribution in [2.24, 2.45) is 0 Å². The summed E-state index contributed by atoms with van der Waals surface area (Å²) in [7, 11) is 0. The van der Waals surface area contributed by atoms with E-state index in [1.165, 1.54) is 5.56 Å². The van der Waals surface area contributed by atoms with Crippen LogP contribution in [0.15, 0.2) is 15.1 Å². The van der Waals surface area contributed by atoms with Crippen molar-refractivity contribution in [3.8, 4) is 0 Å². The van der Waals surface area contributed by atoms with Gasteiger partial charge in [-0.25, -0.2) is 4.98 Å². The van der Waals surface area contributed by atoms with E-state index in [2.05, 4.69) is 36.8 Å². The van der Waals surface area contributed by atoms with Crippen molar-refractivity contribution in [2.75, 3.05) is 0 Å². The minimum absolute atomic E-state index is 0.877. The molecule has 0 atom stereocenters. The fourth-order valence-corrected chi connectivity index (χ4v) is 1.97. The lowest BCUT2D eigenvalue weighted by atomic mass is 10.2. The van der Waals surface area contributed by atoms with Crippen molar-refractivity contribution < 1.29 is 0 Å². The van der Waals surface area contributed by atoms with Gasteiger partial charge in [-0.05, 0) is 41.4 Å². The minimum Gasteiger partial charge on any atom is -0.246 e. The van der Waals surface area contributed by atoms with Crippen molar-refractivity contribution in [2.45, 2.75) is 13.8 Å². The maximum absolute atomic E-state index is 4.22. The van der Waals surface area contributed by atoms with Crippen LogP contribution in [0.5, 0.6) is 0 Å². The van der Waals surface area contributed by atoms with E-state index in [1.54, 1.807) is 0 Å². The van der Waals surface area contributed by atoms with Gasteiger partial charge in [0.05, 0.1) is 0 Å². The van der Waals surface area contributed by atoms with Crippen LogP contribution in [-0.2, 0) is 0 Å². The number of pyridine rings is 1. The first kappa shape index (κ1) is 8.21. The van der Waals surface area contributed by atoms with E-state index in [0.717, 1.165) is 14.8 Å². The van der Waals surface area contributed by atoms with E-state index in [9.17, 15) is 0 Å². The van der Waals surface area contributed by atoms with Crippen molar-refractivity contribution >= 4 is 31.9 Å². The quantitative estimate of drug-likeness (QED) is 0.656. The fourth-order valence-electron chi connectivity index (χ4n) is 0.662. The lowest BCUT2D eigenvalue weighted by molar-refractivity contribution is 1.11. The third kappa shape index (κ3) is 1.58. The van der Waals surface area contributed by atoms with Gasteiger partial charge in [0.2, 0.25) is 0 Å². The molecule has 54 valence electrons. The van der Waals surface area contributed by atoms with Crippen LogP contribution in [0, 0.1) is 13.8 Å². The van der Waals surface area contributed by atoms with E-state index < -0.39 is 0 Å². The molecule has 0 aromatic carbocycles. The Morgan fingerprint density at radius 2 is 1.90 bits per heavy atom. The van der Waals surface area contributed by atoms with Gasteiger partial charge >= 0.3 is 0 Å². The average molecular weight is 265 g/mol. The molecule has 0 bridgehead atoms. The Morgan fingerprint density at radius 1 is 1.30 bits per heavy atom. The molecule has 0 aliphatic rings. The van der Waals surface area contributed by atoms with Crippen molar-refractivity contribution in [1.29, 1.82) is 0 Å². The number of halogens is 2. The molecule has 0 unspecified atom stereocenters. The van der Waals surface area contributed by atoms with Gasteiger partial charge in [-0.2, -0.15) is 0 Å². The summed E-state index contributed by atoms with van der Waals surface area (Å²) in [6.07, 6.45) is 0. The van der Waals surface area contributed by atoms with Crippen LogP contribution >= 0.6 is 31.9 Å². The number of aromatic nitrogens is 1. The lowest BCUT2D eigenvalue weighted by Crippen LogP contribution is -1.87. The van der Waals surface area contributed by atoms with Crippen LogP contribution in [0.25, 0.3) is 0 Å². The van der Waals surface area contributed by atoms with Gasteiger partial charge < -0.3 is 0 Å². The molecule has 1 nitrogen and oxygen atoms in total. The van der Waals surface area contributed by atoms with Crippen LogP contribution in [0.1, 0.15) is 11.3 Å². The Labute approximate surface area is 77.1 Å². The maximum Gasteiger partial charge on any atom is 0.107 e. The molecule has 0 radical (unpaired) electrons. The summed E-state index contributed by atoms with van der Waals surface area (Å²) in [4.78, 5) is 4.22. The second-order valence-corrected chi connectivity index (χ2v) is 3.80. The predicted octanol–water partition coefficient (Wildman–Crippen LogP) is 3.22. The highest BCUT2D eigenvalue weighted by Crippen LogP contribution is 2.21. The largest absolute Gasteiger partial charge is 0.246 e. The molecule has 0 aliphatic carbocycles. The van der Waals surface area contributed by atoms with E-state index in [-0.39, 0.29) is 0 Å². The summed E-state index contributed by atoms with van der Waals surface area (Å²) < 4.78 is 1.98. The molecule has 0 spiro atoms. The molecule has 1 aromatic rings. The van der Waals surface area contributed by atoms with Crippen LogP contribution in [0.3, 0.4) is 0 Å². The summed E-state index contributed by atoms with van der Waals surface area (Å²) in [5, 5.41) is 0. The lowest BCUT2D eigenvalue weighted by Gasteiger charge is -2.01. The van der Waals surface area contributed by atoms with Gasteiger partial charge in [0.25, 0.3) is 0 Å². The van der Waals surface area contributed by atoms with E-state index in [0.29, 0.717) is 0 Å². The van der Waals surface area contributed by atoms with Gasteiger partial charge in [-0.3, -0.25) is 0 Å². The minimum atomic E-state index is 0.877. The second-order valence-electron chi connectivity index (χ2n) is 2.14. The summed E-state index contributed by atoms with van der Waals surface area (Å²) in [5.41, 5.74) is 2.25. The zero-order valence-electron chi connectivity index (χ0n) is 5.78. The maximum atomic E-state index is 4.22. The number of hydrogen-bond acceptors (Lipinski definition) is 1. The van der Waals surface area contributed by atoms with Gasteiger partial charge in [-0.1, -0.05) is 15.9 Å². The highest BCUT2D eigenvalue weighted by atomic mass is 79.9. The molecule has 0 amide bonds. The third-order valence-corrected chi connectivity index (χ3v) is 2.65. The van der Waals surface area contributed by atoms with E-state index in [1.807, 2.05) is 19.9 Å². The Morgan fingerprint density at radius 3 is 2.40 bits per heavy atom. The summed E-state index contributed by atoms with van der Waals surface area (Å²) in [5.74, 6) is 0. The molecule has 0 saturated heterocycles. The van der Waals surface area contributed by atoms with E-state index in [4.69, 9.17) is 0 Å². The summed E-state index contributed by atoms with van der Waals surface area (Å²) in [6.45, 7) is 4.03. The monoisotopic (exact) mass is 263 g/mol. The Kier molecular flexibility index (Phi) is 2.47. The van der Waals surface area contributed by atoms with Crippen molar-refractivity contribution in [1.82, 2.24) is 4.98 Å². The zero-order valence-corrected chi connectivity index (χ0v) is 8.95. The van der Waals surface area contributed by atoms with Crippen LogP contribution < -0.4 is 0 Å². The Hall–Kier alpha value is 0.110. The van der Waals surface area contributed by atoms with Gasteiger partial charge in [0.15, 0.2) is 0 Å². The van der Waals surface area contributed by atoms with Gasteiger partial charge in [0, 0.05) is 10.2 Å². The third-order valence-electron chi connectivity index (χ3n) is 1.42. The van der Waals surface area contributed by atoms with Crippen LogP contribution in [0.2, 0.25) is 0 Å². The predicted molar refractivity (Wildman–Crippen MR) is 49.1 cm³/mol. The van der Waals surface area contributed by atoms with Crippen molar-refractivity contribution in [3.05, 3.63) is 26.4 Å². The van der Waals surface area contributed by atoms with E-state index >= 15 is 0 Å². The molecule has 0 aliphatic heterocycles. The Balaban J connectivity index is 3.31.